The topological polar surface area (TPSA) is 58.0 Å². The second kappa shape index (κ2) is 6.33. The third-order valence-corrected chi connectivity index (χ3v) is 3.92. The van der Waals surface area contributed by atoms with Crippen LogP contribution in [0.5, 0.6) is 0 Å². The molecule has 0 spiro atoms. The van der Waals surface area contributed by atoms with Gasteiger partial charge in [-0.3, -0.25) is 0 Å². The Bertz CT molecular complexity index is 420. The van der Waals surface area contributed by atoms with Gasteiger partial charge in [0.1, 0.15) is 0 Å². The molecule has 0 amide bonds. The van der Waals surface area contributed by atoms with Crippen molar-refractivity contribution < 1.29 is 5.11 Å². The van der Waals surface area contributed by atoms with Crippen LogP contribution in [0.15, 0.2) is 6.07 Å². The number of anilines is 1. The van der Waals surface area contributed by atoms with Crippen LogP contribution >= 0.6 is 0 Å². The van der Waals surface area contributed by atoms with Gasteiger partial charge in [-0.15, -0.1) is 0 Å². The van der Waals surface area contributed by atoms with Gasteiger partial charge >= 0.3 is 0 Å². The van der Waals surface area contributed by atoms with Gasteiger partial charge in [-0.25, -0.2) is 9.97 Å². The summed E-state index contributed by atoms with van der Waals surface area (Å²) in [4.78, 5) is 9.07. The first-order chi connectivity index (χ1) is 9.10. The maximum atomic E-state index is 9.46. The van der Waals surface area contributed by atoms with Crippen LogP contribution in [0.3, 0.4) is 0 Å². The maximum absolute atomic E-state index is 9.46. The van der Waals surface area contributed by atoms with E-state index in [1.807, 2.05) is 13.0 Å². The minimum Gasteiger partial charge on any atom is -0.396 e. The van der Waals surface area contributed by atoms with Crippen LogP contribution in [0.4, 0.5) is 5.95 Å². The lowest BCUT2D eigenvalue weighted by Crippen LogP contribution is -2.35. The predicted octanol–water partition coefficient (Wildman–Crippen LogP) is 2.87. The van der Waals surface area contributed by atoms with Crippen LogP contribution in [-0.2, 0) is 0 Å². The Kier molecular flexibility index (Phi) is 4.75. The molecule has 1 aromatic heterocycles. The van der Waals surface area contributed by atoms with E-state index in [1.165, 1.54) is 12.8 Å². The van der Waals surface area contributed by atoms with Crippen molar-refractivity contribution in [3.05, 3.63) is 17.5 Å². The van der Waals surface area contributed by atoms with E-state index in [9.17, 15) is 5.11 Å². The van der Waals surface area contributed by atoms with Crippen LogP contribution < -0.4 is 5.32 Å². The van der Waals surface area contributed by atoms with Crippen molar-refractivity contribution >= 4 is 5.95 Å². The number of aliphatic hydroxyl groups excluding tert-OH is 1. The minimum absolute atomic E-state index is 0.251. The molecule has 1 fully saturated rings. The first-order valence-electron chi connectivity index (χ1n) is 7.33. The molecular formula is C15H25N3O. The fourth-order valence-corrected chi connectivity index (χ4v) is 2.74. The van der Waals surface area contributed by atoms with Gasteiger partial charge in [0, 0.05) is 30.0 Å². The number of aliphatic hydroxyl groups is 1. The number of aryl methyl sites for hydroxylation is 1. The van der Waals surface area contributed by atoms with Crippen molar-refractivity contribution in [3.63, 3.8) is 0 Å². The van der Waals surface area contributed by atoms with Gasteiger partial charge in [-0.2, -0.15) is 0 Å². The molecular weight excluding hydrogens is 238 g/mol. The average Bonchev–Trinajstić information content (AvgIpc) is 2.38. The van der Waals surface area contributed by atoms with Crippen LogP contribution in [-0.4, -0.2) is 27.7 Å². The number of nitrogens with one attached hydrogen (secondary N) is 1. The van der Waals surface area contributed by atoms with Crippen molar-refractivity contribution in [2.75, 3.05) is 11.9 Å². The lowest BCUT2D eigenvalue weighted by atomic mass is 9.85. The fraction of sp³-hybridized carbons (Fsp3) is 0.733. The van der Waals surface area contributed by atoms with Gasteiger partial charge in [0.2, 0.25) is 5.95 Å². The zero-order valence-electron chi connectivity index (χ0n) is 12.2. The molecule has 0 radical (unpaired) electrons. The third kappa shape index (κ3) is 3.66. The standard InChI is InChI=1S/C15H25N3O/c1-10(2)14-8-11(3)16-15(18-14)17-13-7-5-4-6-12(13)9-19/h8,10,12-13,19H,4-7,9H2,1-3H3,(H,16,17,18). The molecule has 2 atom stereocenters. The quantitative estimate of drug-likeness (QED) is 0.877. The predicted molar refractivity (Wildman–Crippen MR) is 77.3 cm³/mol. The van der Waals surface area contributed by atoms with E-state index in [4.69, 9.17) is 0 Å². The van der Waals surface area contributed by atoms with Crippen molar-refractivity contribution in [3.8, 4) is 0 Å². The summed E-state index contributed by atoms with van der Waals surface area (Å²) < 4.78 is 0. The van der Waals surface area contributed by atoms with Gasteiger partial charge < -0.3 is 10.4 Å². The summed E-state index contributed by atoms with van der Waals surface area (Å²) in [5.74, 6) is 1.46. The van der Waals surface area contributed by atoms with E-state index in [1.54, 1.807) is 0 Å². The number of nitrogens with zero attached hydrogens (tertiary/aromatic N) is 2. The first-order valence-corrected chi connectivity index (χ1v) is 7.33. The Morgan fingerprint density at radius 2 is 2.05 bits per heavy atom. The zero-order valence-corrected chi connectivity index (χ0v) is 12.2. The Hall–Kier alpha value is -1.16. The average molecular weight is 263 g/mol. The normalized spacial score (nSPS) is 23.6. The summed E-state index contributed by atoms with van der Waals surface area (Å²) in [7, 11) is 0. The summed E-state index contributed by atoms with van der Waals surface area (Å²) in [6, 6.07) is 2.35. The number of rotatable bonds is 4. The summed E-state index contributed by atoms with van der Waals surface area (Å²) in [5, 5.41) is 12.9. The smallest absolute Gasteiger partial charge is 0.223 e. The SMILES string of the molecule is Cc1cc(C(C)C)nc(NC2CCCCC2CO)n1. The van der Waals surface area contributed by atoms with Gasteiger partial charge in [0.05, 0.1) is 0 Å². The molecule has 4 heteroatoms. The molecule has 1 heterocycles. The minimum atomic E-state index is 0.251. The van der Waals surface area contributed by atoms with Crippen LogP contribution in [0.2, 0.25) is 0 Å². The van der Waals surface area contributed by atoms with Gasteiger partial charge in [-0.05, 0) is 31.7 Å². The molecule has 0 aromatic carbocycles. The van der Waals surface area contributed by atoms with Gasteiger partial charge in [0.15, 0.2) is 0 Å². The lowest BCUT2D eigenvalue weighted by Gasteiger charge is -2.31. The van der Waals surface area contributed by atoms with Crippen molar-refractivity contribution in [2.45, 2.75) is 58.4 Å². The van der Waals surface area contributed by atoms with E-state index in [-0.39, 0.29) is 6.61 Å². The second-order valence-electron chi connectivity index (χ2n) is 5.89. The molecule has 1 saturated carbocycles. The van der Waals surface area contributed by atoms with Crippen molar-refractivity contribution in [1.29, 1.82) is 0 Å². The second-order valence-corrected chi connectivity index (χ2v) is 5.89. The molecule has 2 rings (SSSR count). The molecule has 0 bridgehead atoms. The largest absolute Gasteiger partial charge is 0.396 e. The van der Waals surface area contributed by atoms with Gasteiger partial charge in [0.25, 0.3) is 0 Å². The van der Waals surface area contributed by atoms with Crippen molar-refractivity contribution in [2.24, 2.45) is 5.92 Å². The zero-order chi connectivity index (χ0) is 13.8. The highest BCUT2D eigenvalue weighted by Crippen LogP contribution is 2.26. The molecule has 19 heavy (non-hydrogen) atoms. The van der Waals surface area contributed by atoms with Gasteiger partial charge in [-0.1, -0.05) is 26.7 Å². The van der Waals surface area contributed by atoms with E-state index in [0.29, 0.717) is 23.8 Å². The van der Waals surface area contributed by atoms with Crippen LogP contribution in [0, 0.1) is 12.8 Å². The van der Waals surface area contributed by atoms with Crippen LogP contribution in [0.25, 0.3) is 0 Å². The Labute approximate surface area is 115 Å². The Morgan fingerprint density at radius 1 is 1.32 bits per heavy atom. The number of hydrogen-bond acceptors (Lipinski definition) is 4. The Morgan fingerprint density at radius 3 is 2.74 bits per heavy atom. The fourth-order valence-electron chi connectivity index (χ4n) is 2.74. The molecule has 1 aromatic rings. The van der Waals surface area contributed by atoms with E-state index in [2.05, 4.69) is 29.1 Å². The van der Waals surface area contributed by atoms with E-state index in [0.717, 1.165) is 24.2 Å². The molecule has 2 N–H and O–H groups in total. The van der Waals surface area contributed by atoms with E-state index < -0.39 is 0 Å². The lowest BCUT2D eigenvalue weighted by molar-refractivity contribution is 0.178. The summed E-state index contributed by atoms with van der Waals surface area (Å²) in [6.45, 7) is 6.54. The van der Waals surface area contributed by atoms with Crippen LogP contribution in [0.1, 0.15) is 56.8 Å². The summed E-state index contributed by atoms with van der Waals surface area (Å²) in [5.41, 5.74) is 2.07. The molecule has 1 aliphatic carbocycles. The maximum Gasteiger partial charge on any atom is 0.223 e. The number of hydrogen-bond donors (Lipinski definition) is 2. The highest BCUT2D eigenvalue weighted by Gasteiger charge is 2.25. The van der Waals surface area contributed by atoms with Crippen molar-refractivity contribution in [1.82, 2.24) is 9.97 Å². The van der Waals surface area contributed by atoms with E-state index >= 15 is 0 Å². The highest BCUT2D eigenvalue weighted by molar-refractivity contribution is 5.30. The summed E-state index contributed by atoms with van der Waals surface area (Å²) >= 11 is 0. The third-order valence-electron chi connectivity index (χ3n) is 3.92. The molecule has 0 saturated heterocycles. The summed E-state index contributed by atoms with van der Waals surface area (Å²) in [6.07, 6.45) is 4.63. The molecule has 2 unspecified atom stereocenters. The monoisotopic (exact) mass is 263 g/mol. The molecule has 106 valence electrons. The molecule has 4 nitrogen and oxygen atoms in total. The Balaban J connectivity index is 2.13. The number of aromatic nitrogens is 2. The molecule has 0 aliphatic heterocycles. The first kappa shape index (κ1) is 14.3. The molecule has 1 aliphatic rings. The highest BCUT2D eigenvalue weighted by atomic mass is 16.3.